The first-order valence-electron chi connectivity index (χ1n) is 6.96. The van der Waals surface area contributed by atoms with Gasteiger partial charge in [0.2, 0.25) is 0 Å². The van der Waals surface area contributed by atoms with Gasteiger partial charge in [-0.05, 0) is 36.6 Å². The van der Waals surface area contributed by atoms with E-state index in [1.165, 1.54) is 0 Å². The van der Waals surface area contributed by atoms with Gasteiger partial charge in [-0.15, -0.1) is 0 Å². The summed E-state index contributed by atoms with van der Waals surface area (Å²) >= 11 is 0. The number of fused-ring (bicyclic) bond motifs is 1. The molecule has 4 heteroatoms. The van der Waals surface area contributed by atoms with Crippen molar-refractivity contribution < 1.29 is 4.79 Å². The number of anilines is 1. The van der Waals surface area contributed by atoms with Crippen molar-refractivity contribution in [2.75, 3.05) is 38.6 Å². The molecule has 102 valence electrons. The van der Waals surface area contributed by atoms with Crippen LogP contribution in [-0.2, 0) is 0 Å². The van der Waals surface area contributed by atoms with Gasteiger partial charge in [0, 0.05) is 51.0 Å². The van der Waals surface area contributed by atoms with Crippen LogP contribution in [-0.4, -0.2) is 50.6 Å². The molecule has 0 aliphatic carbocycles. The third-order valence-corrected chi connectivity index (χ3v) is 4.34. The molecule has 0 saturated carbocycles. The normalized spacial score (nSPS) is 25.5. The number of carbonyl (C=O) groups is 1. The standard InChI is InChI=1S/C15H21N3O/c1-17(2)13-5-3-11(4-6-13)15(19)18-8-7-12-9-16-10-14(12)18/h3-6,12,14,16H,7-10H2,1-2H3/t12-,14+/m0/s1. The van der Waals surface area contributed by atoms with Crippen molar-refractivity contribution >= 4 is 11.6 Å². The van der Waals surface area contributed by atoms with E-state index >= 15 is 0 Å². The van der Waals surface area contributed by atoms with Crippen LogP contribution in [0.3, 0.4) is 0 Å². The number of benzene rings is 1. The highest BCUT2D eigenvalue weighted by Gasteiger charge is 2.39. The SMILES string of the molecule is CN(C)c1ccc(C(=O)N2CC[C@H]3CNC[C@H]32)cc1. The van der Waals surface area contributed by atoms with Gasteiger partial charge in [0.15, 0.2) is 0 Å². The second-order valence-corrected chi connectivity index (χ2v) is 5.71. The van der Waals surface area contributed by atoms with Crippen LogP contribution in [0.25, 0.3) is 0 Å². The summed E-state index contributed by atoms with van der Waals surface area (Å²) in [4.78, 5) is 16.6. The molecule has 19 heavy (non-hydrogen) atoms. The summed E-state index contributed by atoms with van der Waals surface area (Å²) in [6.45, 7) is 2.92. The highest BCUT2D eigenvalue weighted by Crippen LogP contribution is 2.28. The lowest BCUT2D eigenvalue weighted by atomic mass is 10.0. The Morgan fingerprint density at radius 3 is 2.68 bits per heavy atom. The molecular weight excluding hydrogens is 238 g/mol. The van der Waals surface area contributed by atoms with E-state index in [-0.39, 0.29) is 5.91 Å². The second-order valence-electron chi connectivity index (χ2n) is 5.71. The van der Waals surface area contributed by atoms with Crippen LogP contribution >= 0.6 is 0 Å². The van der Waals surface area contributed by atoms with E-state index in [4.69, 9.17) is 0 Å². The number of hydrogen-bond acceptors (Lipinski definition) is 3. The van der Waals surface area contributed by atoms with Crippen molar-refractivity contribution in [2.24, 2.45) is 5.92 Å². The van der Waals surface area contributed by atoms with E-state index in [0.717, 1.165) is 37.3 Å². The predicted octanol–water partition coefficient (Wildman–Crippen LogP) is 1.19. The molecule has 2 fully saturated rings. The van der Waals surface area contributed by atoms with Gasteiger partial charge >= 0.3 is 0 Å². The quantitative estimate of drug-likeness (QED) is 0.866. The summed E-state index contributed by atoms with van der Waals surface area (Å²) in [6.07, 6.45) is 1.14. The Morgan fingerprint density at radius 2 is 2.00 bits per heavy atom. The van der Waals surface area contributed by atoms with E-state index in [0.29, 0.717) is 12.0 Å². The van der Waals surface area contributed by atoms with Gasteiger partial charge in [0.05, 0.1) is 0 Å². The maximum atomic E-state index is 12.6. The molecule has 0 spiro atoms. The molecule has 0 bridgehead atoms. The lowest BCUT2D eigenvalue weighted by molar-refractivity contribution is 0.0737. The van der Waals surface area contributed by atoms with Crippen molar-refractivity contribution in [1.29, 1.82) is 0 Å². The third kappa shape index (κ3) is 2.21. The zero-order valence-corrected chi connectivity index (χ0v) is 11.6. The van der Waals surface area contributed by atoms with Crippen LogP contribution in [0.4, 0.5) is 5.69 Å². The van der Waals surface area contributed by atoms with Crippen molar-refractivity contribution in [2.45, 2.75) is 12.5 Å². The van der Waals surface area contributed by atoms with E-state index < -0.39 is 0 Å². The zero-order valence-electron chi connectivity index (χ0n) is 11.6. The van der Waals surface area contributed by atoms with Crippen molar-refractivity contribution in [3.63, 3.8) is 0 Å². The molecule has 1 N–H and O–H groups in total. The number of nitrogens with one attached hydrogen (secondary N) is 1. The highest BCUT2D eigenvalue weighted by atomic mass is 16.2. The van der Waals surface area contributed by atoms with Gasteiger partial charge in [-0.1, -0.05) is 0 Å². The second kappa shape index (κ2) is 4.85. The Morgan fingerprint density at radius 1 is 1.26 bits per heavy atom. The first-order chi connectivity index (χ1) is 9.16. The first kappa shape index (κ1) is 12.5. The fourth-order valence-electron chi connectivity index (χ4n) is 3.17. The predicted molar refractivity (Wildman–Crippen MR) is 76.6 cm³/mol. The molecule has 1 amide bonds. The zero-order chi connectivity index (χ0) is 13.4. The summed E-state index contributed by atoms with van der Waals surface area (Å²) in [5.74, 6) is 0.839. The largest absolute Gasteiger partial charge is 0.378 e. The van der Waals surface area contributed by atoms with Crippen molar-refractivity contribution in [3.8, 4) is 0 Å². The summed E-state index contributed by atoms with van der Waals surface area (Å²) in [5, 5.41) is 3.38. The maximum Gasteiger partial charge on any atom is 0.254 e. The first-order valence-corrected chi connectivity index (χ1v) is 6.96. The molecule has 2 atom stereocenters. The Hall–Kier alpha value is -1.55. The molecule has 2 aliphatic rings. The van der Waals surface area contributed by atoms with Gasteiger partial charge in [0.1, 0.15) is 0 Å². The minimum absolute atomic E-state index is 0.182. The number of carbonyl (C=O) groups excluding carboxylic acids is 1. The molecule has 0 aromatic heterocycles. The number of amides is 1. The minimum atomic E-state index is 0.182. The number of likely N-dealkylation sites (tertiary alicyclic amines) is 1. The van der Waals surface area contributed by atoms with Crippen LogP contribution in [0.5, 0.6) is 0 Å². The topological polar surface area (TPSA) is 35.6 Å². The van der Waals surface area contributed by atoms with Gasteiger partial charge < -0.3 is 15.1 Å². The van der Waals surface area contributed by atoms with Crippen molar-refractivity contribution in [3.05, 3.63) is 29.8 Å². The highest BCUT2D eigenvalue weighted by molar-refractivity contribution is 5.95. The average molecular weight is 259 g/mol. The fourth-order valence-corrected chi connectivity index (χ4v) is 3.17. The molecule has 4 nitrogen and oxygen atoms in total. The Labute approximate surface area is 114 Å². The van der Waals surface area contributed by atoms with Crippen LogP contribution in [0.15, 0.2) is 24.3 Å². The van der Waals surface area contributed by atoms with Gasteiger partial charge in [0.25, 0.3) is 5.91 Å². The van der Waals surface area contributed by atoms with Crippen LogP contribution < -0.4 is 10.2 Å². The Kier molecular flexibility index (Phi) is 3.19. The maximum absolute atomic E-state index is 12.6. The van der Waals surface area contributed by atoms with Crippen LogP contribution in [0, 0.1) is 5.92 Å². The molecule has 0 radical (unpaired) electrons. The van der Waals surface area contributed by atoms with E-state index in [1.807, 2.05) is 43.3 Å². The summed E-state index contributed by atoms with van der Waals surface area (Å²) < 4.78 is 0. The fraction of sp³-hybridized carbons (Fsp3) is 0.533. The molecule has 0 unspecified atom stereocenters. The molecule has 1 aromatic carbocycles. The minimum Gasteiger partial charge on any atom is -0.378 e. The van der Waals surface area contributed by atoms with Gasteiger partial charge in [-0.3, -0.25) is 4.79 Å². The number of nitrogens with zero attached hydrogens (tertiary/aromatic N) is 2. The molecule has 1 aromatic rings. The van der Waals surface area contributed by atoms with Crippen molar-refractivity contribution in [1.82, 2.24) is 10.2 Å². The Balaban J connectivity index is 1.76. The summed E-state index contributed by atoms with van der Waals surface area (Å²) in [5.41, 5.74) is 1.93. The van der Waals surface area contributed by atoms with Gasteiger partial charge in [-0.2, -0.15) is 0 Å². The lowest BCUT2D eigenvalue weighted by Crippen LogP contribution is -2.39. The van der Waals surface area contributed by atoms with Gasteiger partial charge in [-0.25, -0.2) is 0 Å². The summed E-state index contributed by atoms with van der Waals surface area (Å²) in [7, 11) is 4.01. The molecule has 2 heterocycles. The number of hydrogen-bond donors (Lipinski definition) is 1. The third-order valence-electron chi connectivity index (χ3n) is 4.34. The molecule has 2 aliphatic heterocycles. The van der Waals surface area contributed by atoms with E-state index in [2.05, 4.69) is 10.2 Å². The molecule has 3 rings (SSSR count). The monoisotopic (exact) mass is 259 g/mol. The van der Waals surface area contributed by atoms with Crippen LogP contribution in [0.1, 0.15) is 16.8 Å². The molecule has 2 saturated heterocycles. The molecular formula is C15H21N3O. The van der Waals surface area contributed by atoms with E-state index in [9.17, 15) is 4.79 Å². The lowest BCUT2D eigenvalue weighted by Gasteiger charge is -2.23. The number of rotatable bonds is 2. The Bertz CT molecular complexity index is 469. The van der Waals surface area contributed by atoms with E-state index in [1.54, 1.807) is 0 Å². The van der Waals surface area contributed by atoms with Crippen LogP contribution in [0.2, 0.25) is 0 Å². The smallest absolute Gasteiger partial charge is 0.254 e. The summed E-state index contributed by atoms with van der Waals surface area (Å²) in [6, 6.07) is 8.29. The average Bonchev–Trinajstić information content (AvgIpc) is 3.00.